The number of rotatable bonds is 12. The molecule has 5 amide bonds. The van der Waals surface area contributed by atoms with Crippen molar-refractivity contribution >= 4 is 51.6 Å². The highest BCUT2D eigenvalue weighted by atomic mass is 32.2. The summed E-state index contributed by atoms with van der Waals surface area (Å²) in [7, 11) is -3.95. The minimum atomic E-state index is -3.95. The number of anilines is 1. The smallest absolute Gasteiger partial charge is 0.411 e. The number of hydrogen-bond acceptors (Lipinski definition) is 11. The van der Waals surface area contributed by atoms with Crippen LogP contribution in [0.25, 0.3) is 0 Å². The summed E-state index contributed by atoms with van der Waals surface area (Å²) in [5, 5.41) is 7.13. The Morgan fingerprint density at radius 2 is 1.64 bits per heavy atom. The van der Waals surface area contributed by atoms with Crippen LogP contribution in [0.2, 0.25) is 0 Å². The van der Waals surface area contributed by atoms with Crippen LogP contribution < -0.4 is 20.7 Å². The SMILES string of the molecule is C=CC1CC1(NC(=O)[C@H]1C[C@@H](OC(=O)Nc2ccccc2C(=O)OC(C)C)CN1C(=O)[C@@H](NC(=O)OC(C)(C)C)C(C)(C)C)C(=O)NS(=O)(=O)C1CC1. The highest BCUT2D eigenvalue weighted by molar-refractivity contribution is 7.91. The van der Waals surface area contributed by atoms with Gasteiger partial charge >= 0.3 is 18.2 Å². The molecular weight excluding hydrogens is 710 g/mol. The lowest BCUT2D eigenvalue weighted by atomic mass is 9.85. The highest BCUT2D eigenvalue weighted by Gasteiger charge is 2.62. The zero-order valence-corrected chi connectivity index (χ0v) is 32.3. The fourth-order valence-corrected chi connectivity index (χ4v) is 7.34. The normalized spacial score (nSPS) is 23.3. The van der Waals surface area contributed by atoms with E-state index in [-0.39, 0.29) is 30.6 Å². The minimum Gasteiger partial charge on any atom is -0.459 e. The van der Waals surface area contributed by atoms with Crippen molar-refractivity contribution in [3.05, 3.63) is 42.5 Å². The van der Waals surface area contributed by atoms with Crippen molar-refractivity contribution in [2.75, 3.05) is 11.9 Å². The number of likely N-dealkylation sites (tertiary alicyclic amines) is 1. The van der Waals surface area contributed by atoms with Crippen LogP contribution in [0.15, 0.2) is 36.9 Å². The standard InChI is InChI=1S/C36H51N5O11S/c1-10-21-18-36(21,31(45)40-53(48,49)23-15-16-23)39-28(42)26-17-22(51-32(46)37-25-14-12-11-13-24(25)30(44)50-20(2)3)19-41(26)29(43)27(34(4,5)6)38-33(47)52-35(7,8)9/h10-14,20-23,26-27H,1,15-19H2,2-9H3,(H,37,46)(H,38,47)(H,39,42)(H,40,45)/t21?,22-,26-,27-,36?/m1/s1. The van der Waals surface area contributed by atoms with Gasteiger partial charge in [0.05, 0.1) is 29.1 Å². The lowest BCUT2D eigenvalue weighted by Gasteiger charge is -2.36. The Kier molecular flexibility index (Phi) is 11.9. The summed E-state index contributed by atoms with van der Waals surface area (Å²) in [6, 6.07) is 3.60. The first-order valence-corrected chi connectivity index (χ1v) is 19.1. The molecule has 2 unspecified atom stereocenters. The van der Waals surface area contributed by atoms with Gasteiger partial charge in [-0.05, 0) is 71.4 Å². The molecular formula is C36H51N5O11S. The summed E-state index contributed by atoms with van der Waals surface area (Å²) in [6.07, 6.45) is -1.22. The zero-order chi connectivity index (χ0) is 39.7. The van der Waals surface area contributed by atoms with Gasteiger partial charge in [0.15, 0.2) is 0 Å². The molecule has 1 saturated heterocycles. The molecule has 0 aromatic heterocycles. The van der Waals surface area contributed by atoms with Gasteiger partial charge < -0.3 is 29.7 Å². The highest BCUT2D eigenvalue weighted by Crippen LogP contribution is 2.45. The van der Waals surface area contributed by atoms with Gasteiger partial charge in [-0.25, -0.2) is 22.8 Å². The maximum atomic E-state index is 14.3. The molecule has 4 N–H and O–H groups in total. The Morgan fingerprint density at radius 3 is 2.19 bits per heavy atom. The monoisotopic (exact) mass is 761 g/mol. The van der Waals surface area contributed by atoms with Crippen LogP contribution in [-0.4, -0.2) is 96.4 Å². The van der Waals surface area contributed by atoms with Crippen LogP contribution in [0.4, 0.5) is 15.3 Å². The largest absolute Gasteiger partial charge is 0.459 e. The lowest BCUT2D eigenvalue weighted by molar-refractivity contribution is -0.143. The first kappa shape index (κ1) is 41.1. The first-order chi connectivity index (χ1) is 24.5. The summed E-state index contributed by atoms with van der Waals surface area (Å²) in [5.74, 6) is -3.68. The number of benzene rings is 1. The molecule has 3 fully saturated rings. The van der Waals surface area contributed by atoms with Gasteiger partial charge in [0.1, 0.15) is 29.3 Å². The number of ether oxygens (including phenoxy) is 3. The molecule has 292 valence electrons. The van der Waals surface area contributed by atoms with Crippen LogP contribution in [0.3, 0.4) is 0 Å². The Morgan fingerprint density at radius 1 is 1.00 bits per heavy atom. The summed E-state index contributed by atoms with van der Waals surface area (Å²) in [6.45, 7) is 16.9. The van der Waals surface area contributed by atoms with Gasteiger partial charge in [0.25, 0.3) is 5.91 Å². The van der Waals surface area contributed by atoms with Crippen molar-refractivity contribution in [3.63, 3.8) is 0 Å². The average Bonchev–Trinajstić information content (AvgIpc) is 3.95. The number of carbonyl (C=O) groups is 6. The summed E-state index contributed by atoms with van der Waals surface area (Å²) < 4.78 is 43.7. The second-order valence-corrected chi connectivity index (χ2v) is 18.0. The number of sulfonamides is 1. The average molecular weight is 762 g/mol. The van der Waals surface area contributed by atoms with Crippen molar-refractivity contribution < 1.29 is 51.4 Å². The molecule has 1 aliphatic heterocycles. The van der Waals surface area contributed by atoms with Crippen molar-refractivity contribution in [2.24, 2.45) is 11.3 Å². The maximum absolute atomic E-state index is 14.3. The van der Waals surface area contributed by atoms with Gasteiger partial charge in [0.2, 0.25) is 21.8 Å². The van der Waals surface area contributed by atoms with Gasteiger partial charge in [-0.1, -0.05) is 39.0 Å². The van der Waals surface area contributed by atoms with E-state index >= 15 is 0 Å². The van der Waals surface area contributed by atoms with Gasteiger partial charge in [-0.2, -0.15) is 0 Å². The summed E-state index contributed by atoms with van der Waals surface area (Å²) >= 11 is 0. The van der Waals surface area contributed by atoms with E-state index in [0.29, 0.717) is 12.8 Å². The number of alkyl carbamates (subject to hydrolysis) is 1. The molecule has 3 aliphatic rings. The van der Waals surface area contributed by atoms with E-state index in [2.05, 4.69) is 27.3 Å². The molecule has 1 aromatic carbocycles. The minimum absolute atomic E-state index is 0.0702. The van der Waals surface area contributed by atoms with Gasteiger partial charge in [-0.3, -0.25) is 24.4 Å². The molecule has 53 heavy (non-hydrogen) atoms. The molecule has 1 heterocycles. The van der Waals surface area contributed by atoms with E-state index in [1.54, 1.807) is 67.5 Å². The Hall–Kier alpha value is -4.67. The molecule has 2 aliphatic carbocycles. The fourth-order valence-electron chi connectivity index (χ4n) is 5.97. The molecule has 0 bridgehead atoms. The Labute approximate surface area is 310 Å². The molecule has 16 nitrogen and oxygen atoms in total. The van der Waals surface area contributed by atoms with Crippen molar-refractivity contribution in [1.82, 2.24) is 20.3 Å². The fraction of sp³-hybridized carbons (Fsp3) is 0.611. The van der Waals surface area contributed by atoms with Crippen molar-refractivity contribution in [3.8, 4) is 0 Å². The third-order valence-corrected chi connectivity index (χ3v) is 10.7. The van der Waals surface area contributed by atoms with E-state index < -0.39 is 97.9 Å². The van der Waals surface area contributed by atoms with Gasteiger partial charge in [-0.15, -0.1) is 6.58 Å². The number of para-hydroxylation sites is 1. The number of hydrogen-bond donors (Lipinski definition) is 4. The van der Waals surface area contributed by atoms with E-state index in [1.165, 1.54) is 18.2 Å². The second-order valence-electron chi connectivity index (χ2n) is 16.0. The quantitative estimate of drug-likeness (QED) is 0.138. The maximum Gasteiger partial charge on any atom is 0.411 e. The Bertz CT molecular complexity index is 1750. The van der Waals surface area contributed by atoms with Gasteiger partial charge in [0, 0.05) is 12.3 Å². The lowest BCUT2D eigenvalue weighted by Crippen LogP contribution is -2.60. The number of nitrogens with zero attached hydrogens (tertiary/aromatic N) is 1. The molecule has 17 heteroatoms. The molecule has 4 rings (SSSR count). The third kappa shape index (κ3) is 10.3. The summed E-state index contributed by atoms with van der Waals surface area (Å²) in [5.41, 5.74) is -3.24. The number of nitrogens with one attached hydrogen (secondary N) is 4. The van der Waals surface area contributed by atoms with Crippen molar-refractivity contribution in [2.45, 2.75) is 122 Å². The number of amides is 5. The molecule has 1 aromatic rings. The van der Waals surface area contributed by atoms with Crippen LogP contribution in [0, 0.1) is 11.3 Å². The van der Waals surface area contributed by atoms with Crippen LogP contribution >= 0.6 is 0 Å². The van der Waals surface area contributed by atoms with Crippen LogP contribution in [0.5, 0.6) is 0 Å². The van der Waals surface area contributed by atoms with E-state index in [0.717, 1.165) is 4.90 Å². The van der Waals surface area contributed by atoms with E-state index in [9.17, 15) is 37.2 Å². The van der Waals surface area contributed by atoms with Crippen LogP contribution in [-0.2, 0) is 38.6 Å². The number of carbonyl (C=O) groups excluding carboxylic acids is 6. The molecule has 0 spiro atoms. The summed E-state index contributed by atoms with van der Waals surface area (Å²) in [4.78, 5) is 81.7. The molecule has 5 atom stereocenters. The number of esters is 1. The molecule has 0 radical (unpaired) electrons. The van der Waals surface area contributed by atoms with E-state index in [4.69, 9.17) is 14.2 Å². The molecule has 2 saturated carbocycles. The van der Waals surface area contributed by atoms with Crippen molar-refractivity contribution in [1.29, 1.82) is 0 Å². The predicted molar refractivity (Wildman–Crippen MR) is 193 cm³/mol. The zero-order valence-electron chi connectivity index (χ0n) is 31.4. The topological polar surface area (TPSA) is 216 Å². The Balaban J connectivity index is 1.60. The van der Waals surface area contributed by atoms with E-state index in [1.807, 2.05) is 0 Å². The second kappa shape index (κ2) is 15.4. The predicted octanol–water partition coefficient (Wildman–Crippen LogP) is 3.38. The third-order valence-electron chi connectivity index (χ3n) is 8.87. The van der Waals surface area contributed by atoms with Crippen LogP contribution in [0.1, 0.15) is 91.4 Å². The first-order valence-electron chi connectivity index (χ1n) is 17.6.